The highest BCUT2D eigenvalue weighted by molar-refractivity contribution is 7.21. The van der Waals surface area contributed by atoms with Gasteiger partial charge >= 0.3 is 0 Å². The average molecular weight is 362 g/mol. The molecule has 3 heterocycles. The molecule has 4 aromatic rings. The van der Waals surface area contributed by atoms with Crippen molar-refractivity contribution in [2.75, 3.05) is 0 Å². The Bertz CT molecular complexity index is 1000. The molecule has 1 unspecified atom stereocenters. The van der Waals surface area contributed by atoms with Crippen LogP contribution < -0.4 is 5.32 Å². The largest absolute Gasteiger partial charge is 0.345 e. The molecule has 7 heteroatoms. The summed E-state index contributed by atoms with van der Waals surface area (Å²) in [5, 5.41) is 5.69. The van der Waals surface area contributed by atoms with Crippen molar-refractivity contribution < 1.29 is 4.79 Å². The normalized spacial score (nSPS) is 12.8. The number of carbonyl (C=O) groups is 1. The van der Waals surface area contributed by atoms with Gasteiger partial charge in [-0.25, -0.2) is 4.98 Å². The molecule has 23 heavy (non-hydrogen) atoms. The van der Waals surface area contributed by atoms with Crippen LogP contribution in [0.3, 0.4) is 0 Å². The number of nitrogens with one attached hydrogen (secondary N) is 1. The summed E-state index contributed by atoms with van der Waals surface area (Å²) in [5.74, 6) is -0.0839. The van der Waals surface area contributed by atoms with E-state index in [1.807, 2.05) is 53.2 Å². The molecule has 1 aromatic carbocycles. The van der Waals surface area contributed by atoms with Crippen LogP contribution in [0.15, 0.2) is 41.9 Å². The minimum absolute atomic E-state index is 0.0839. The number of aromatic nitrogens is 2. The van der Waals surface area contributed by atoms with Gasteiger partial charge in [-0.05, 0) is 30.7 Å². The van der Waals surface area contributed by atoms with Crippen LogP contribution in [-0.2, 0) is 0 Å². The zero-order valence-electron chi connectivity index (χ0n) is 12.1. The molecule has 4 nitrogen and oxygen atoms in total. The van der Waals surface area contributed by atoms with Gasteiger partial charge in [-0.2, -0.15) is 0 Å². The highest BCUT2D eigenvalue weighted by atomic mass is 35.5. The lowest BCUT2D eigenvalue weighted by Crippen LogP contribution is -2.25. The maximum absolute atomic E-state index is 12.5. The van der Waals surface area contributed by atoms with E-state index < -0.39 is 0 Å². The molecule has 0 bridgehead atoms. The third-order valence-electron chi connectivity index (χ3n) is 3.68. The van der Waals surface area contributed by atoms with Gasteiger partial charge < -0.3 is 5.32 Å². The van der Waals surface area contributed by atoms with Gasteiger partial charge in [0, 0.05) is 16.6 Å². The van der Waals surface area contributed by atoms with Crippen molar-refractivity contribution in [2.45, 2.75) is 13.0 Å². The number of fused-ring (bicyclic) bond motifs is 3. The molecule has 1 amide bonds. The van der Waals surface area contributed by atoms with Gasteiger partial charge in [0.1, 0.15) is 4.83 Å². The molecule has 116 valence electrons. The molecule has 4 rings (SSSR count). The number of hydrogen-bond acceptors (Lipinski definition) is 4. The van der Waals surface area contributed by atoms with Crippen molar-refractivity contribution in [2.24, 2.45) is 0 Å². The van der Waals surface area contributed by atoms with Crippen LogP contribution >= 0.6 is 34.3 Å². The summed E-state index contributed by atoms with van der Waals surface area (Å²) in [6.45, 7) is 1.96. The standard InChI is InChI=1S/C16H12ClN3OS2/c1-9(10-2-4-11(17)5-3-10)18-14(21)13-8-12-15(23-13)19-16-20(12)6-7-22-16/h2-9H,1H3,(H,18,21). The van der Waals surface area contributed by atoms with Crippen LogP contribution in [0.2, 0.25) is 5.02 Å². The fraction of sp³-hybridized carbons (Fsp3) is 0.125. The van der Waals surface area contributed by atoms with Gasteiger partial charge in [-0.15, -0.1) is 22.7 Å². The smallest absolute Gasteiger partial charge is 0.261 e. The Kier molecular flexibility index (Phi) is 3.60. The number of thiophene rings is 1. The van der Waals surface area contributed by atoms with Gasteiger partial charge in [0.2, 0.25) is 0 Å². The summed E-state index contributed by atoms with van der Waals surface area (Å²) < 4.78 is 2.01. The number of amides is 1. The number of thiazole rings is 1. The Labute approximate surface area is 145 Å². The van der Waals surface area contributed by atoms with E-state index in [1.165, 1.54) is 11.3 Å². The van der Waals surface area contributed by atoms with Crippen LogP contribution in [0.5, 0.6) is 0 Å². The summed E-state index contributed by atoms with van der Waals surface area (Å²) >= 11 is 8.90. The molecule has 0 saturated carbocycles. The molecule has 3 aromatic heterocycles. The second kappa shape index (κ2) is 5.63. The van der Waals surface area contributed by atoms with Gasteiger partial charge in [0.25, 0.3) is 5.91 Å². The molecule has 0 fully saturated rings. The van der Waals surface area contributed by atoms with Crippen LogP contribution in [-0.4, -0.2) is 15.3 Å². The molecular formula is C16H12ClN3OS2. The number of rotatable bonds is 3. The molecule has 0 aliphatic rings. The first kappa shape index (κ1) is 14.7. The topological polar surface area (TPSA) is 46.4 Å². The van der Waals surface area contributed by atoms with Gasteiger partial charge in [-0.1, -0.05) is 23.7 Å². The molecule has 1 N–H and O–H groups in total. The number of nitrogens with zero attached hydrogens (tertiary/aromatic N) is 2. The van der Waals surface area contributed by atoms with Gasteiger partial charge in [0.15, 0.2) is 4.96 Å². The second-order valence-electron chi connectivity index (χ2n) is 5.22. The van der Waals surface area contributed by atoms with Crippen molar-refractivity contribution >= 4 is 55.5 Å². The number of benzene rings is 1. The third kappa shape index (κ3) is 2.63. The molecular weight excluding hydrogens is 350 g/mol. The Morgan fingerprint density at radius 1 is 1.35 bits per heavy atom. The van der Waals surface area contributed by atoms with E-state index in [4.69, 9.17) is 11.6 Å². The van der Waals surface area contributed by atoms with E-state index in [2.05, 4.69) is 10.3 Å². The zero-order valence-corrected chi connectivity index (χ0v) is 14.5. The van der Waals surface area contributed by atoms with E-state index >= 15 is 0 Å². The molecule has 0 aliphatic heterocycles. The van der Waals surface area contributed by atoms with Crippen molar-refractivity contribution in [3.8, 4) is 0 Å². The Morgan fingerprint density at radius 2 is 2.13 bits per heavy atom. The molecule has 0 spiro atoms. The van der Waals surface area contributed by atoms with E-state index in [0.29, 0.717) is 9.90 Å². The van der Waals surface area contributed by atoms with Crippen molar-refractivity contribution in [3.05, 3.63) is 57.4 Å². The second-order valence-corrected chi connectivity index (χ2v) is 7.56. The van der Waals surface area contributed by atoms with Gasteiger partial charge in [-0.3, -0.25) is 9.20 Å². The number of imidazole rings is 1. The van der Waals surface area contributed by atoms with E-state index in [9.17, 15) is 4.79 Å². The lowest BCUT2D eigenvalue weighted by atomic mass is 10.1. The Balaban J connectivity index is 1.58. The summed E-state index contributed by atoms with van der Waals surface area (Å²) in [4.78, 5) is 19.5. The summed E-state index contributed by atoms with van der Waals surface area (Å²) in [7, 11) is 0. The van der Waals surface area contributed by atoms with Crippen LogP contribution in [0.25, 0.3) is 15.3 Å². The van der Waals surface area contributed by atoms with Crippen molar-refractivity contribution in [1.82, 2.24) is 14.7 Å². The molecule has 0 radical (unpaired) electrons. The quantitative estimate of drug-likeness (QED) is 0.572. The molecule has 1 atom stereocenters. The fourth-order valence-corrected chi connectivity index (χ4v) is 4.29. The number of halogens is 1. The zero-order chi connectivity index (χ0) is 16.0. The highest BCUT2D eigenvalue weighted by Gasteiger charge is 2.17. The van der Waals surface area contributed by atoms with Crippen molar-refractivity contribution in [3.63, 3.8) is 0 Å². The fourth-order valence-electron chi connectivity index (χ4n) is 2.46. The summed E-state index contributed by atoms with van der Waals surface area (Å²) in [6, 6.07) is 9.31. The maximum Gasteiger partial charge on any atom is 0.261 e. The molecule has 0 saturated heterocycles. The van der Waals surface area contributed by atoms with Gasteiger partial charge in [0.05, 0.1) is 16.4 Å². The minimum Gasteiger partial charge on any atom is -0.345 e. The average Bonchev–Trinajstić information content (AvgIpc) is 3.19. The first-order chi connectivity index (χ1) is 11.1. The number of carbonyl (C=O) groups excluding carboxylic acids is 1. The Hall–Kier alpha value is -1.89. The maximum atomic E-state index is 12.5. The third-order valence-corrected chi connectivity index (χ3v) is 5.71. The van der Waals surface area contributed by atoms with Crippen molar-refractivity contribution in [1.29, 1.82) is 0 Å². The van der Waals surface area contributed by atoms with Crippen LogP contribution in [0.1, 0.15) is 28.2 Å². The predicted molar refractivity (Wildman–Crippen MR) is 95.8 cm³/mol. The summed E-state index contributed by atoms with van der Waals surface area (Å²) in [6.07, 6.45) is 1.97. The molecule has 0 aliphatic carbocycles. The minimum atomic E-state index is -0.0852. The Morgan fingerprint density at radius 3 is 2.91 bits per heavy atom. The lowest BCUT2D eigenvalue weighted by molar-refractivity contribution is 0.0944. The first-order valence-electron chi connectivity index (χ1n) is 7.03. The monoisotopic (exact) mass is 361 g/mol. The van der Waals surface area contributed by atoms with Crippen LogP contribution in [0.4, 0.5) is 0 Å². The summed E-state index contributed by atoms with van der Waals surface area (Å²) in [5.41, 5.74) is 2.00. The van der Waals surface area contributed by atoms with E-state index in [1.54, 1.807) is 11.3 Å². The first-order valence-corrected chi connectivity index (χ1v) is 9.10. The van der Waals surface area contributed by atoms with E-state index in [0.717, 1.165) is 20.9 Å². The number of hydrogen-bond donors (Lipinski definition) is 1. The highest BCUT2D eigenvalue weighted by Crippen LogP contribution is 2.28. The SMILES string of the molecule is CC(NC(=O)c1cc2c(nc3sccn32)s1)c1ccc(Cl)cc1. The van der Waals surface area contributed by atoms with Crippen LogP contribution in [0, 0.1) is 0 Å². The lowest BCUT2D eigenvalue weighted by Gasteiger charge is -2.13. The van der Waals surface area contributed by atoms with E-state index in [-0.39, 0.29) is 11.9 Å². The predicted octanol–water partition coefficient (Wildman–Crippen LogP) is 4.75.